The summed E-state index contributed by atoms with van der Waals surface area (Å²) in [5.74, 6) is 1.04. The lowest BCUT2D eigenvalue weighted by atomic mass is 10.1. The molecule has 27 heavy (non-hydrogen) atoms. The first-order chi connectivity index (χ1) is 13.0. The van der Waals surface area contributed by atoms with Crippen LogP contribution in [0.2, 0.25) is 0 Å². The summed E-state index contributed by atoms with van der Waals surface area (Å²) in [6.45, 7) is 0.569. The largest absolute Gasteiger partial charge is 0.477 e. The predicted molar refractivity (Wildman–Crippen MR) is 106 cm³/mol. The molecule has 0 bridgehead atoms. The van der Waals surface area contributed by atoms with Crippen molar-refractivity contribution < 1.29 is 17.9 Å². The molecule has 0 aliphatic rings. The number of ether oxygens (including phenoxy) is 1. The molecule has 0 aliphatic heterocycles. The highest BCUT2D eigenvalue weighted by atomic mass is 127. The second-order valence-corrected chi connectivity index (χ2v) is 6.90. The Morgan fingerprint density at radius 1 is 1.04 bits per heavy atom. The van der Waals surface area contributed by atoms with Crippen molar-refractivity contribution in [1.82, 2.24) is 15.0 Å². The van der Waals surface area contributed by atoms with Crippen molar-refractivity contribution in [3.8, 4) is 28.5 Å². The van der Waals surface area contributed by atoms with Gasteiger partial charge in [-0.1, -0.05) is 34.7 Å². The van der Waals surface area contributed by atoms with Gasteiger partial charge in [-0.05, 0) is 47.1 Å². The SMILES string of the molecule is FC(F)(F)c1ccc(-c2cnc(-c3cccnc3OCCCCI)[nH]2)cc1. The normalized spacial score (nSPS) is 11.6. The van der Waals surface area contributed by atoms with Crippen LogP contribution < -0.4 is 4.74 Å². The average Bonchev–Trinajstić information content (AvgIpc) is 3.15. The Morgan fingerprint density at radius 2 is 1.81 bits per heavy atom. The molecule has 0 atom stereocenters. The van der Waals surface area contributed by atoms with Crippen molar-refractivity contribution in [3.63, 3.8) is 0 Å². The first-order valence-corrected chi connectivity index (χ1v) is 9.88. The topological polar surface area (TPSA) is 50.8 Å². The number of imidazole rings is 1. The molecule has 0 unspecified atom stereocenters. The summed E-state index contributed by atoms with van der Waals surface area (Å²) in [5.41, 5.74) is 1.28. The molecule has 0 fully saturated rings. The molecule has 2 aromatic heterocycles. The van der Waals surface area contributed by atoms with Gasteiger partial charge in [-0.25, -0.2) is 9.97 Å². The van der Waals surface area contributed by atoms with Gasteiger partial charge in [-0.2, -0.15) is 13.2 Å². The zero-order valence-corrected chi connectivity index (χ0v) is 16.4. The van der Waals surface area contributed by atoms with E-state index in [-0.39, 0.29) is 0 Å². The zero-order chi connectivity index (χ0) is 19.3. The minimum atomic E-state index is -4.35. The summed E-state index contributed by atoms with van der Waals surface area (Å²) in [6, 6.07) is 8.59. The summed E-state index contributed by atoms with van der Waals surface area (Å²) >= 11 is 2.32. The number of pyridine rings is 1. The minimum absolute atomic E-state index is 0.485. The number of rotatable bonds is 7. The predicted octanol–water partition coefficient (Wildman–Crippen LogP) is 5.75. The number of nitrogens with one attached hydrogen (secondary N) is 1. The minimum Gasteiger partial charge on any atom is -0.477 e. The number of halogens is 4. The highest BCUT2D eigenvalue weighted by molar-refractivity contribution is 14.1. The molecule has 0 radical (unpaired) electrons. The molecule has 3 rings (SSSR count). The van der Waals surface area contributed by atoms with E-state index in [1.165, 1.54) is 12.1 Å². The van der Waals surface area contributed by atoms with E-state index in [1.54, 1.807) is 18.5 Å². The summed E-state index contributed by atoms with van der Waals surface area (Å²) in [4.78, 5) is 11.7. The molecule has 2 heterocycles. The third kappa shape index (κ3) is 5.00. The summed E-state index contributed by atoms with van der Waals surface area (Å²) in [5, 5.41) is 0. The molecule has 1 N–H and O–H groups in total. The fourth-order valence-electron chi connectivity index (χ4n) is 2.50. The van der Waals surface area contributed by atoms with Crippen LogP contribution in [-0.4, -0.2) is 26.0 Å². The number of H-pyrrole nitrogens is 1. The van der Waals surface area contributed by atoms with Crippen molar-refractivity contribution in [1.29, 1.82) is 0 Å². The number of hydrogen-bond donors (Lipinski definition) is 1. The van der Waals surface area contributed by atoms with Crippen LogP contribution in [0.5, 0.6) is 5.88 Å². The van der Waals surface area contributed by atoms with Crippen LogP contribution in [0.1, 0.15) is 18.4 Å². The number of aromatic nitrogens is 3. The van der Waals surface area contributed by atoms with E-state index in [0.29, 0.717) is 35.1 Å². The molecule has 3 aromatic rings. The molecule has 4 nitrogen and oxygen atoms in total. The Morgan fingerprint density at radius 3 is 2.52 bits per heavy atom. The van der Waals surface area contributed by atoms with Crippen LogP contribution in [-0.2, 0) is 6.18 Å². The molecule has 142 valence electrons. The van der Waals surface area contributed by atoms with Crippen LogP contribution in [0.3, 0.4) is 0 Å². The molecule has 0 amide bonds. The van der Waals surface area contributed by atoms with Crippen molar-refractivity contribution in [2.45, 2.75) is 19.0 Å². The second-order valence-electron chi connectivity index (χ2n) is 5.82. The Hall–Kier alpha value is -2.10. The number of aromatic amines is 1. The van der Waals surface area contributed by atoms with Gasteiger partial charge in [0, 0.05) is 6.20 Å². The zero-order valence-electron chi connectivity index (χ0n) is 14.3. The Balaban J connectivity index is 1.80. The van der Waals surface area contributed by atoms with Gasteiger partial charge in [-0.3, -0.25) is 0 Å². The van der Waals surface area contributed by atoms with Crippen molar-refractivity contribution >= 4 is 22.6 Å². The highest BCUT2D eigenvalue weighted by Gasteiger charge is 2.30. The molecule has 8 heteroatoms. The number of nitrogens with zero attached hydrogens (tertiary/aromatic N) is 2. The van der Waals surface area contributed by atoms with E-state index < -0.39 is 11.7 Å². The highest BCUT2D eigenvalue weighted by Crippen LogP contribution is 2.32. The standard InChI is InChI=1S/C19H17F3IN3O/c20-19(21,22)14-7-5-13(6-8-14)16-12-25-17(26-16)15-4-3-10-24-18(15)27-11-2-1-9-23/h3-8,10,12H,1-2,9,11H2,(H,25,26). The fraction of sp³-hybridized carbons (Fsp3) is 0.263. The smallest absolute Gasteiger partial charge is 0.416 e. The van der Waals surface area contributed by atoms with E-state index >= 15 is 0 Å². The molecular formula is C19H17F3IN3O. The van der Waals surface area contributed by atoms with Crippen LogP contribution in [0.15, 0.2) is 48.8 Å². The van der Waals surface area contributed by atoms with Gasteiger partial charge in [0.25, 0.3) is 0 Å². The first-order valence-electron chi connectivity index (χ1n) is 8.36. The fourth-order valence-corrected chi connectivity index (χ4v) is 3.03. The average molecular weight is 487 g/mol. The lowest BCUT2D eigenvalue weighted by Crippen LogP contribution is -2.04. The van der Waals surface area contributed by atoms with E-state index in [4.69, 9.17) is 4.74 Å². The number of benzene rings is 1. The number of alkyl halides is 4. The molecular weight excluding hydrogens is 470 g/mol. The van der Waals surface area contributed by atoms with Gasteiger partial charge in [0.1, 0.15) is 5.82 Å². The van der Waals surface area contributed by atoms with Crippen LogP contribution in [0.25, 0.3) is 22.6 Å². The summed E-state index contributed by atoms with van der Waals surface area (Å²) < 4.78 is 44.9. The maximum absolute atomic E-state index is 12.7. The summed E-state index contributed by atoms with van der Waals surface area (Å²) in [6.07, 6.45) is 0.897. The quantitative estimate of drug-likeness (QED) is 0.262. The second kappa shape index (κ2) is 8.73. The van der Waals surface area contributed by atoms with E-state index in [2.05, 4.69) is 37.5 Å². The monoisotopic (exact) mass is 487 g/mol. The lowest BCUT2D eigenvalue weighted by molar-refractivity contribution is -0.137. The molecule has 1 aromatic carbocycles. The van der Waals surface area contributed by atoms with Gasteiger partial charge < -0.3 is 9.72 Å². The molecule has 0 aliphatic carbocycles. The van der Waals surface area contributed by atoms with Gasteiger partial charge in [0.05, 0.1) is 29.6 Å². The van der Waals surface area contributed by atoms with Crippen molar-refractivity contribution in [3.05, 3.63) is 54.4 Å². The third-order valence-corrected chi connectivity index (χ3v) is 4.65. The Labute approximate surface area is 168 Å². The van der Waals surface area contributed by atoms with Gasteiger partial charge in [0.15, 0.2) is 0 Å². The molecule has 0 saturated heterocycles. The van der Waals surface area contributed by atoms with E-state index in [9.17, 15) is 13.2 Å². The third-order valence-electron chi connectivity index (χ3n) is 3.89. The lowest BCUT2D eigenvalue weighted by Gasteiger charge is -2.08. The van der Waals surface area contributed by atoms with Crippen molar-refractivity contribution in [2.24, 2.45) is 0 Å². The number of unbranched alkanes of at least 4 members (excludes halogenated alkanes) is 1. The van der Waals surface area contributed by atoms with Gasteiger partial charge in [-0.15, -0.1) is 0 Å². The maximum atomic E-state index is 12.7. The summed E-state index contributed by atoms with van der Waals surface area (Å²) in [7, 11) is 0. The van der Waals surface area contributed by atoms with Gasteiger partial charge >= 0.3 is 6.18 Å². The first kappa shape index (κ1) is 19.7. The Bertz CT molecular complexity index is 878. The maximum Gasteiger partial charge on any atom is 0.416 e. The van der Waals surface area contributed by atoms with E-state index in [0.717, 1.165) is 29.4 Å². The Kier molecular flexibility index (Phi) is 6.35. The van der Waals surface area contributed by atoms with Gasteiger partial charge in [0.2, 0.25) is 5.88 Å². The van der Waals surface area contributed by atoms with Crippen LogP contribution in [0.4, 0.5) is 13.2 Å². The number of hydrogen-bond acceptors (Lipinski definition) is 3. The molecule has 0 saturated carbocycles. The molecule has 0 spiro atoms. The van der Waals surface area contributed by atoms with Crippen molar-refractivity contribution in [2.75, 3.05) is 11.0 Å². The van der Waals surface area contributed by atoms with Crippen LogP contribution in [0, 0.1) is 0 Å². The van der Waals surface area contributed by atoms with Crippen LogP contribution >= 0.6 is 22.6 Å². The van der Waals surface area contributed by atoms with E-state index in [1.807, 2.05) is 6.07 Å².